The Balaban J connectivity index is 1.78. The number of pyridine rings is 1. The highest BCUT2D eigenvalue weighted by Gasteiger charge is 2.27. The van der Waals surface area contributed by atoms with Crippen molar-refractivity contribution in [2.24, 2.45) is 0 Å². The molecule has 0 bridgehead atoms. The Morgan fingerprint density at radius 3 is 2.50 bits per heavy atom. The van der Waals surface area contributed by atoms with Crippen molar-refractivity contribution in [3.05, 3.63) is 78.4 Å². The molecule has 28 heavy (non-hydrogen) atoms. The molecule has 5 aromatic rings. The number of fused-ring (bicyclic) bond motifs is 6. The molecule has 1 heterocycles. The maximum absolute atomic E-state index is 5.22. The van der Waals surface area contributed by atoms with Gasteiger partial charge in [0.05, 0.1) is 11.2 Å². The molecule has 0 amide bonds. The molecular weight excluding hydrogens is 338 g/mol. The molecule has 0 saturated carbocycles. The van der Waals surface area contributed by atoms with E-state index in [1.165, 1.54) is 49.2 Å². The van der Waals surface area contributed by atoms with Crippen LogP contribution in [0.4, 0.5) is 0 Å². The molecule has 0 fully saturated rings. The van der Waals surface area contributed by atoms with Crippen LogP contribution in [-0.2, 0) is 0 Å². The van der Waals surface area contributed by atoms with E-state index in [2.05, 4.69) is 86.6 Å². The highest BCUT2D eigenvalue weighted by atomic mass is 14.7. The molecule has 0 aliphatic heterocycles. The third kappa shape index (κ3) is 1.99. The van der Waals surface area contributed by atoms with Crippen LogP contribution in [0.3, 0.4) is 0 Å². The van der Waals surface area contributed by atoms with Crippen LogP contribution in [0.5, 0.6) is 0 Å². The molecule has 1 aliphatic rings. The average Bonchev–Trinajstić information content (AvgIpc) is 3.07. The van der Waals surface area contributed by atoms with E-state index in [0.717, 1.165) is 17.6 Å². The first-order valence-corrected chi connectivity index (χ1v) is 10.1. The molecule has 0 N–H and O–H groups in total. The van der Waals surface area contributed by atoms with Gasteiger partial charge in [-0.3, -0.25) is 0 Å². The Morgan fingerprint density at radius 2 is 1.61 bits per heavy atom. The number of rotatable bonds is 2. The van der Waals surface area contributed by atoms with E-state index in [1.807, 2.05) is 0 Å². The molecule has 0 spiro atoms. The van der Waals surface area contributed by atoms with E-state index >= 15 is 0 Å². The number of benzene rings is 4. The fourth-order valence-electron chi connectivity index (χ4n) is 4.83. The monoisotopic (exact) mass is 359 g/mol. The van der Waals surface area contributed by atoms with Crippen LogP contribution in [0.2, 0.25) is 0 Å². The van der Waals surface area contributed by atoms with Gasteiger partial charge in [0.2, 0.25) is 0 Å². The summed E-state index contributed by atoms with van der Waals surface area (Å²) < 4.78 is 0. The second-order valence-electron chi connectivity index (χ2n) is 7.98. The van der Waals surface area contributed by atoms with E-state index < -0.39 is 0 Å². The summed E-state index contributed by atoms with van der Waals surface area (Å²) in [4.78, 5) is 5.22. The highest BCUT2D eigenvalue weighted by molar-refractivity contribution is 6.18. The second-order valence-corrected chi connectivity index (χ2v) is 7.98. The van der Waals surface area contributed by atoms with E-state index in [0.29, 0.717) is 5.92 Å². The Kier molecular flexibility index (Phi) is 3.20. The first-order valence-electron chi connectivity index (χ1n) is 10.1. The van der Waals surface area contributed by atoms with E-state index in [4.69, 9.17) is 4.98 Å². The molecule has 1 atom stereocenters. The first-order chi connectivity index (χ1) is 13.8. The molecule has 6 rings (SSSR count). The smallest absolute Gasteiger partial charge is 0.0797 e. The minimum atomic E-state index is 0.521. The van der Waals surface area contributed by atoms with Gasteiger partial charge in [-0.05, 0) is 57.1 Å². The fraction of sp³-hybridized carbons (Fsp3) is 0.148. The van der Waals surface area contributed by atoms with Gasteiger partial charge in [0.15, 0.2) is 0 Å². The topological polar surface area (TPSA) is 12.9 Å². The van der Waals surface area contributed by atoms with Gasteiger partial charge in [0.25, 0.3) is 0 Å². The fourth-order valence-corrected chi connectivity index (χ4v) is 4.83. The maximum atomic E-state index is 5.22. The first kappa shape index (κ1) is 15.8. The molecule has 4 aromatic carbocycles. The lowest BCUT2D eigenvalue weighted by Gasteiger charge is -2.15. The number of hydrogen-bond acceptors (Lipinski definition) is 1. The molecule has 0 saturated heterocycles. The minimum Gasteiger partial charge on any atom is -0.247 e. The summed E-state index contributed by atoms with van der Waals surface area (Å²) in [5.41, 5.74) is 7.62. The van der Waals surface area contributed by atoms with Crippen molar-refractivity contribution in [2.75, 3.05) is 0 Å². The average molecular weight is 359 g/mol. The van der Waals surface area contributed by atoms with E-state index in [9.17, 15) is 0 Å². The van der Waals surface area contributed by atoms with Crippen LogP contribution in [-0.4, -0.2) is 4.98 Å². The van der Waals surface area contributed by atoms with E-state index in [-0.39, 0.29) is 0 Å². The quantitative estimate of drug-likeness (QED) is 0.289. The Labute approximate surface area is 164 Å². The standard InChI is InChI=1S/C27H21N/c1-3-16(2)19-13-11-18-8-6-10-21-23-15-22-20-9-5-4-7-17(20)12-14-24(22)28-27(23)26(19)25(18)21/h4-16H,3H2,1-2H3. The minimum absolute atomic E-state index is 0.521. The normalized spacial score (nSPS) is 13.4. The SMILES string of the molecule is CCC(C)c1ccc2cccc3c2c1-c1nc2ccc4ccccc4c2cc1-3. The molecule has 134 valence electrons. The van der Waals surface area contributed by atoms with Gasteiger partial charge in [0, 0.05) is 16.5 Å². The predicted molar refractivity (Wildman–Crippen MR) is 120 cm³/mol. The van der Waals surface area contributed by atoms with Crippen molar-refractivity contribution in [1.82, 2.24) is 4.98 Å². The van der Waals surface area contributed by atoms with Crippen LogP contribution in [0.1, 0.15) is 31.7 Å². The van der Waals surface area contributed by atoms with Gasteiger partial charge in [-0.25, -0.2) is 4.98 Å². The zero-order chi connectivity index (χ0) is 18.8. The second kappa shape index (κ2) is 5.65. The molecule has 1 nitrogen and oxygen atoms in total. The third-order valence-corrected chi connectivity index (χ3v) is 6.47. The Morgan fingerprint density at radius 1 is 0.786 bits per heavy atom. The number of aromatic nitrogens is 1. The van der Waals surface area contributed by atoms with Gasteiger partial charge in [-0.15, -0.1) is 0 Å². The van der Waals surface area contributed by atoms with Crippen LogP contribution in [0, 0.1) is 0 Å². The summed E-state index contributed by atoms with van der Waals surface area (Å²) in [6.45, 7) is 4.59. The van der Waals surface area contributed by atoms with Gasteiger partial charge in [-0.1, -0.05) is 74.5 Å². The largest absolute Gasteiger partial charge is 0.247 e. The van der Waals surface area contributed by atoms with Crippen LogP contribution in [0.25, 0.3) is 54.8 Å². The number of hydrogen-bond donors (Lipinski definition) is 0. The zero-order valence-electron chi connectivity index (χ0n) is 16.2. The summed E-state index contributed by atoms with van der Waals surface area (Å²) in [5, 5.41) is 6.48. The summed E-state index contributed by atoms with van der Waals surface area (Å²) in [7, 11) is 0. The van der Waals surface area contributed by atoms with Crippen molar-refractivity contribution in [3.8, 4) is 22.4 Å². The molecular formula is C27H21N. The maximum Gasteiger partial charge on any atom is 0.0797 e. The molecule has 0 radical (unpaired) electrons. The lowest BCUT2D eigenvalue weighted by molar-refractivity contribution is 0.736. The van der Waals surface area contributed by atoms with Gasteiger partial charge in [-0.2, -0.15) is 0 Å². The Bertz CT molecular complexity index is 1410. The van der Waals surface area contributed by atoms with Crippen molar-refractivity contribution >= 4 is 32.4 Å². The van der Waals surface area contributed by atoms with Gasteiger partial charge >= 0.3 is 0 Å². The molecule has 1 unspecified atom stereocenters. The van der Waals surface area contributed by atoms with Crippen molar-refractivity contribution in [2.45, 2.75) is 26.2 Å². The highest BCUT2D eigenvalue weighted by Crippen LogP contribution is 2.50. The molecule has 1 heteroatoms. The van der Waals surface area contributed by atoms with Crippen molar-refractivity contribution in [1.29, 1.82) is 0 Å². The summed E-state index contributed by atoms with van der Waals surface area (Å²) in [5.74, 6) is 0.521. The van der Waals surface area contributed by atoms with Crippen LogP contribution in [0.15, 0.2) is 72.8 Å². The summed E-state index contributed by atoms with van der Waals surface area (Å²) in [6, 6.07) is 26.6. The van der Waals surface area contributed by atoms with Crippen LogP contribution >= 0.6 is 0 Å². The third-order valence-electron chi connectivity index (χ3n) is 6.47. The molecule has 1 aliphatic carbocycles. The summed E-state index contributed by atoms with van der Waals surface area (Å²) >= 11 is 0. The van der Waals surface area contributed by atoms with Gasteiger partial charge in [0.1, 0.15) is 0 Å². The lowest BCUT2D eigenvalue weighted by Crippen LogP contribution is -1.96. The lowest BCUT2D eigenvalue weighted by atomic mass is 9.90. The number of nitrogens with zero attached hydrogens (tertiary/aromatic N) is 1. The van der Waals surface area contributed by atoms with Crippen molar-refractivity contribution in [3.63, 3.8) is 0 Å². The van der Waals surface area contributed by atoms with E-state index in [1.54, 1.807) is 0 Å². The summed E-state index contributed by atoms with van der Waals surface area (Å²) in [6.07, 6.45) is 1.13. The van der Waals surface area contributed by atoms with Crippen LogP contribution < -0.4 is 0 Å². The van der Waals surface area contributed by atoms with Gasteiger partial charge < -0.3 is 0 Å². The molecule has 1 aromatic heterocycles. The van der Waals surface area contributed by atoms with Crippen molar-refractivity contribution < 1.29 is 0 Å². The Hall–Kier alpha value is -3.19. The predicted octanol–water partition coefficient (Wildman–Crippen LogP) is 7.70. The zero-order valence-corrected chi connectivity index (χ0v) is 16.2.